The number of anilines is 3. The van der Waals surface area contributed by atoms with Gasteiger partial charge < -0.3 is 15.7 Å². The number of carboxylic acid groups (broad SMARTS) is 1. The molecule has 0 saturated heterocycles. The van der Waals surface area contributed by atoms with Gasteiger partial charge in [-0.15, -0.1) is 0 Å². The van der Waals surface area contributed by atoms with Crippen LogP contribution in [-0.2, 0) is 4.79 Å². The first kappa shape index (κ1) is 17.6. The molecular formula is C18H14ClFN4O2. The number of rotatable bonds is 6. The lowest BCUT2D eigenvalue weighted by atomic mass is 10.1. The number of aromatic nitrogens is 2. The quantitative estimate of drug-likeness (QED) is 0.601. The molecule has 0 aliphatic heterocycles. The van der Waals surface area contributed by atoms with Gasteiger partial charge in [-0.25, -0.2) is 9.37 Å². The first-order valence-corrected chi connectivity index (χ1v) is 8.01. The third-order valence-electron chi connectivity index (χ3n) is 3.39. The molecule has 3 N–H and O–H groups in total. The van der Waals surface area contributed by atoms with Crippen LogP contribution < -0.4 is 10.6 Å². The molecule has 1 aromatic heterocycles. The minimum absolute atomic E-state index is 0.0171. The van der Waals surface area contributed by atoms with Gasteiger partial charge in [0.2, 0.25) is 5.95 Å². The summed E-state index contributed by atoms with van der Waals surface area (Å²) in [5, 5.41) is 14.5. The third kappa shape index (κ3) is 4.46. The van der Waals surface area contributed by atoms with Gasteiger partial charge in [0, 0.05) is 17.3 Å². The Morgan fingerprint density at radius 2 is 1.88 bits per heavy atom. The topological polar surface area (TPSA) is 87.1 Å². The van der Waals surface area contributed by atoms with E-state index >= 15 is 0 Å². The van der Waals surface area contributed by atoms with Crippen molar-refractivity contribution < 1.29 is 14.3 Å². The Bertz CT molecular complexity index is 938. The second-order valence-electron chi connectivity index (χ2n) is 5.33. The SMILES string of the molecule is O=C(O)CNc1nc(Nc2ccc(F)c(Cl)c2)cc(-c2ccccc2)n1. The van der Waals surface area contributed by atoms with Gasteiger partial charge in [-0.05, 0) is 18.2 Å². The molecule has 26 heavy (non-hydrogen) atoms. The lowest BCUT2D eigenvalue weighted by molar-refractivity contribution is -0.134. The van der Waals surface area contributed by atoms with E-state index in [4.69, 9.17) is 16.7 Å². The molecule has 2 aromatic carbocycles. The van der Waals surface area contributed by atoms with E-state index in [0.29, 0.717) is 17.2 Å². The van der Waals surface area contributed by atoms with Crippen LogP contribution >= 0.6 is 11.6 Å². The van der Waals surface area contributed by atoms with Crippen molar-refractivity contribution in [1.82, 2.24) is 9.97 Å². The van der Waals surface area contributed by atoms with Crippen LogP contribution in [0.4, 0.5) is 21.8 Å². The molecule has 0 fully saturated rings. The van der Waals surface area contributed by atoms with Crippen molar-refractivity contribution in [2.24, 2.45) is 0 Å². The molecule has 0 aliphatic rings. The highest BCUT2D eigenvalue weighted by atomic mass is 35.5. The molecule has 0 aliphatic carbocycles. The van der Waals surface area contributed by atoms with Gasteiger partial charge in [0.25, 0.3) is 0 Å². The molecule has 132 valence electrons. The highest BCUT2D eigenvalue weighted by Crippen LogP contribution is 2.25. The second-order valence-corrected chi connectivity index (χ2v) is 5.74. The number of carbonyl (C=O) groups is 1. The number of nitrogens with one attached hydrogen (secondary N) is 2. The number of benzene rings is 2. The molecule has 0 unspecified atom stereocenters. The van der Waals surface area contributed by atoms with Crippen molar-refractivity contribution >= 4 is 35.0 Å². The summed E-state index contributed by atoms with van der Waals surface area (Å²) < 4.78 is 13.3. The lowest BCUT2D eigenvalue weighted by Gasteiger charge is -2.11. The number of halogens is 2. The Balaban J connectivity index is 1.95. The van der Waals surface area contributed by atoms with E-state index in [1.165, 1.54) is 18.2 Å². The summed E-state index contributed by atoms with van der Waals surface area (Å²) in [5.41, 5.74) is 1.98. The number of hydrogen-bond donors (Lipinski definition) is 3. The minimum Gasteiger partial charge on any atom is -0.480 e. The predicted molar refractivity (Wildman–Crippen MR) is 98.3 cm³/mol. The minimum atomic E-state index is -1.03. The summed E-state index contributed by atoms with van der Waals surface area (Å²) in [4.78, 5) is 19.4. The van der Waals surface area contributed by atoms with Crippen molar-refractivity contribution in [3.8, 4) is 11.3 Å². The van der Waals surface area contributed by atoms with Crippen molar-refractivity contribution in [3.63, 3.8) is 0 Å². The van der Waals surface area contributed by atoms with Crippen molar-refractivity contribution in [1.29, 1.82) is 0 Å². The van der Waals surface area contributed by atoms with E-state index in [9.17, 15) is 9.18 Å². The van der Waals surface area contributed by atoms with E-state index in [1.807, 2.05) is 30.3 Å². The number of carboxylic acids is 1. The molecule has 3 rings (SSSR count). The Kier molecular flexibility index (Phi) is 5.28. The van der Waals surface area contributed by atoms with E-state index in [2.05, 4.69) is 20.6 Å². The summed E-state index contributed by atoms with van der Waals surface area (Å²) in [7, 11) is 0. The maximum Gasteiger partial charge on any atom is 0.322 e. The zero-order valence-corrected chi connectivity index (χ0v) is 14.2. The van der Waals surface area contributed by atoms with Crippen LogP contribution in [0.15, 0.2) is 54.6 Å². The summed E-state index contributed by atoms with van der Waals surface area (Å²) in [6.45, 7) is -0.319. The van der Waals surface area contributed by atoms with Crippen LogP contribution in [-0.4, -0.2) is 27.6 Å². The van der Waals surface area contributed by atoms with Crippen molar-refractivity contribution in [3.05, 3.63) is 65.4 Å². The van der Waals surface area contributed by atoms with Gasteiger partial charge in [0.1, 0.15) is 18.2 Å². The second kappa shape index (κ2) is 7.79. The van der Waals surface area contributed by atoms with Gasteiger partial charge in [0.15, 0.2) is 0 Å². The van der Waals surface area contributed by atoms with E-state index in [0.717, 1.165) is 5.56 Å². The van der Waals surface area contributed by atoms with Gasteiger partial charge in [-0.1, -0.05) is 41.9 Å². The zero-order chi connectivity index (χ0) is 18.5. The highest BCUT2D eigenvalue weighted by molar-refractivity contribution is 6.31. The van der Waals surface area contributed by atoms with Crippen LogP contribution in [0.5, 0.6) is 0 Å². The summed E-state index contributed by atoms with van der Waals surface area (Å²) in [6, 6.07) is 15.3. The highest BCUT2D eigenvalue weighted by Gasteiger charge is 2.09. The fraction of sp³-hybridized carbons (Fsp3) is 0.0556. The molecule has 3 aromatic rings. The fourth-order valence-electron chi connectivity index (χ4n) is 2.22. The zero-order valence-electron chi connectivity index (χ0n) is 13.4. The van der Waals surface area contributed by atoms with Gasteiger partial charge in [-0.2, -0.15) is 4.98 Å². The third-order valence-corrected chi connectivity index (χ3v) is 3.68. The number of aliphatic carboxylic acids is 1. The molecule has 0 bridgehead atoms. The summed E-state index contributed by atoms with van der Waals surface area (Å²) in [5.74, 6) is -0.980. The van der Waals surface area contributed by atoms with Crippen LogP contribution in [0.2, 0.25) is 5.02 Å². The van der Waals surface area contributed by atoms with Gasteiger partial charge in [-0.3, -0.25) is 4.79 Å². The number of nitrogens with zero attached hydrogens (tertiary/aromatic N) is 2. The monoisotopic (exact) mass is 372 g/mol. The average molecular weight is 373 g/mol. The molecule has 1 heterocycles. The Hall–Kier alpha value is -3.19. The smallest absolute Gasteiger partial charge is 0.322 e. The van der Waals surface area contributed by atoms with Crippen LogP contribution in [0.25, 0.3) is 11.3 Å². The predicted octanol–water partition coefficient (Wildman–Crippen LogP) is 4.18. The van der Waals surface area contributed by atoms with E-state index in [1.54, 1.807) is 6.07 Å². The van der Waals surface area contributed by atoms with Gasteiger partial charge in [0.05, 0.1) is 10.7 Å². The number of hydrogen-bond acceptors (Lipinski definition) is 5. The first-order valence-electron chi connectivity index (χ1n) is 7.63. The fourth-order valence-corrected chi connectivity index (χ4v) is 2.40. The van der Waals surface area contributed by atoms with Crippen LogP contribution in [0, 0.1) is 5.82 Å². The molecule has 0 amide bonds. The normalized spacial score (nSPS) is 10.4. The Labute approximate surface area is 153 Å². The maximum atomic E-state index is 13.3. The van der Waals surface area contributed by atoms with Crippen LogP contribution in [0.1, 0.15) is 0 Å². The maximum absolute atomic E-state index is 13.3. The Morgan fingerprint density at radius 3 is 2.58 bits per heavy atom. The average Bonchev–Trinajstić information content (AvgIpc) is 2.64. The Morgan fingerprint density at radius 1 is 1.12 bits per heavy atom. The lowest BCUT2D eigenvalue weighted by Crippen LogP contribution is -2.15. The molecule has 0 saturated carbocycles. The van der Waals surface area contributed by atoms with E-state index in [-0.39, 0.29) is 17.5 Å². The van der Waals surface area contributed by atoms with Crippen LogP contribution in [0.3, 0.4) is 0 Å². The molecule has 0 atom stereocenters. The first-order chi connectivity index (χ1) is 12.5. The standard InChI is InChI=1S/C18H14ClFN4O2/c19-13-8-12(6-7-14(13)20)22-16-9-15(11-4-2-1-3-5-11)23-18(24-16)21-10-17(25)26/h1-9H,10H2,(H,25,26)(H2,21,22,23,24). The molecule has 6 nitrogen and oxygen atoms in total. The summed E-state index contributed by atoms with van der Waals surface area (Å²) >= 11 is 5.80. The van der Waals surface area contributed by atoms with Gasteiger partial charge >= 0.3 is 5.97 Å². The molecule has 0 spiro atoms. The summed E-state index contributed by atoms with van der Waals surface area (Å²) in [6.07, 6.45) is 0. The van der Waals surface area contributed by atoms with Crippen molar-refractivity contribution in [2.75, 3.05) is 17.2 Å². The molecular weight excluding hydrogens is 359 g/mol. The molecule has 0 radical (unpaired) electrons. The van der Waals surface area contributed by atoms with Crippen molar-refractivity contribution in [2.45, 2.75) is 0 Å². The molecule has 8 heteroatoms. The van der Waals surface area contributed by atoms with E-state index < -0.39 is 11.8 Å². The largest absolute Gasteiger partial charge is 0.480 e.